The zero-order valence-corrected chi connectivity index (χ0v) is 7.33. The summed E-state index contributed by atoms with van der Waals surface area (Å²) in [5.74, 6) is 1.39. The van der Waals surface area contributed by atoms with Crippen LogP contribution in [0.4, 0.5) is 5.82 Å². The van der Waals surface area contributed by atoms with E-state index in [1.165, 1.54) is 6.92 Å². The third-order valence-electron chi connectivity index (χ3n) is 1.91. The Labute approximate surface area is 75.9 Å². The van der Waals surface area contributed by atoms with Crippen LogP contribution in [0, 0.1) is 0 Å². The second-order valence-electron chi connectivity index (χ2n) is 2.90. The summed E-state index contributed by atoms with van der Waals surface area (Å²) in [5.41, 5.74) is 0.586. The van der Waals surface area contributed by atoms with Crippen molar-refractivity contribution in [1.29, 1.82) is 0 Å². The molecule has 0 atom stereocenters. The molecule has 0 bridgehead atoms. The van der Waals surface area contributed by atoms with Gasteiger partial charge in [-0.05, 0) is 13.0 Å². The predicted octanol–water partition coefficient (Wildman–Crippen LogP) is 1.09. The van der Waals surface area contributed by atoms with Crippen molar-refractivity contribution < 1.29 is 9.53 Å². The number of nitrogens with one attached hydrogen (secondary N) is 1. The quantitative estimate of drug-likeness (QED) is 0.654. The third kappa shape index (κ3) is 1.47. The molecule has 4 nitrogen and oxygen atoms in total. The van der Waals surface area contributed by atoms with Crippen molar-refractivity contribution >= 4 is 11.6 Å². The number of ketones is 1. The van der Waals surface area contributed by atoms with Crippen LogP contribution in [0.1, 0.15) is 17.3 Å². The minimum atomic E-state index is 0.00414. The van der Waals surface area contributed by atoms with Gasteiger partial charge in [0.15, 0.2) is 17.4 Å². The van der Waals surface area contributed by atoms with Crippen LogP contribution in [0.25, 0.3) is 0 Å². The number of nitrogens with zero attached hydrogens (tertiary/aromatic N) is 1. The maximum atomic E-state index is 11.0. The first-order chi connectivity index (χ1) is 6.27. The monoisotopic (exact) mass is 178 g/mol. The van der Waals surface area contributed by atoms with E-state index in [1.54, 1.807) is 12.3 Å². The lowest BCUT2D eigenvalue weighted by atomic mass is 10.2. The van der Waals surface area contributed by atoms with E-state index in [-0.39, 0.29) is 5.78 Å². The Morgan fingerprint density at radius 3 is 3.31 bits per heavy atom. The lowest BCUT2D eigenvalue weighted by molar-refractivity contribution is 0.101. The molecule has 0 radical (unpaired) electrons. The molecule has 13 heavy (non-hydrogen) atoms. The summed E-state index contributed by atoms with van der Waals surface area (Å²) in [7, 11) is 0. The van der Waals surface area contributed by atoms with Crippen LogP contribution in [0.5, 0.6) is 5.75 Å². The Bertz CT molecular complexity index is 349. The molecule has 1 aromatic heterocycles. The fraction of sp³-hybridized carbons (Fsp3) is 0.333. The van der Waals surface area contributed by atoms with Crippen LogP contribution in [0.15, 0.2) is 12.3 Å². The number of ether oxygens (including phenoxy) is 1. The summed E-state index contributed by atoms with van der Waals surface area (Å²) in [6.45, 7) is 2.90. The number of hydrogen-bond acceptors (Lipinski definition) is 4. The van der Waals surface area contributed by atoms with Crippen molar-refractivity contribution in [3.63, 3.8) is 0 Å². The lowest BCUT2D eigenvalue weighted by Crippen LogP contribution is -2.19. The molecule has 1 aliphatic heterocycles. The Morgan fingerprint density at radius 2 is 2.54 bits per heavy atom. The predicted molar refractivity (Wildman–Crippen MR) is 48.2 cm³/mol. The van der Waals surface area contributed by atoms with Gasteiger partial charge in [0.05, 0.1) is 6.54 Å². The summed E-state index contributed by atoms with van der Waals surface area (Å²) < 4.78 is 5.34. The molecule has 0 aromatic carbocycles. The molecule has 0 amide bonds. The number of hydrogen-bond donors (Lipinski definition) is 1. The molecule has 1 aromatic rings. The molecule has 68 valence electrons. The highest BCUT2D eigenvalue weighted by Gasteiger charge is 2.12. The fourth-order valence-corrected chi connectivity index (χ4v) is 1.21. The van der Waals surface area contributed by atoms with Crippen LogP contribution in [0.2, 0.25) is 0 Å². The molecule has 0 spiro atoms. The van der Waals surface area contributed by atoms with Gasteiger partial charge in [0.25, 0.3) is 0 Å². The van der Waals surface area contributed by atoms with Gasteiger partial charge in [0.1, 0.15) is 6.61 Å². The van der Waals surface area contributed by atoms with Gasteiger partial charge >= 0.3 is 0 Å². The molecule has 0 fully saturated rings. The Balaban J connectivity index is 2.40. The van der Waals surface area contributed by atoms with Crippen molar-refractivity contribution in [2.45, 2.75) is 6.92 Å². The largest absolute Gasteiger partial charge is 0.488 e. The maximum absolute atomic E-state index is 11.0. The van der Waals surface area contributed by atoms with E-state index in [0.717, 1.165) is 12.4 Å². The summed E-state index contributed by atoms with van der Waals surface area (Å²) in [6.07, 6.45) is 1.56. The molecule has 4 heteroatoms. The number of fused-ring (bicyclic) bond motifs is 1. The summed E-state index contributed by atoms with van der Waals surface area (Å²) in [5, 5.41) is 3.08. The van der Waals surface area contributed by atoms with E-state index in [9.17, 15) is 4.79 Å². The van der Waals surface area contributed by atoms with Gasteiger partial charge in [-0.1, -0.05) is 0 Å². The standard InChI is InChI=1S/C9H10N2O2/c1-6(12)7-4-8-9(11-5-7)10-2-3-13-8/h4-5H,2-3H2,1H3,(H,10,11). The lowest BCUT2D eigenvalue weighted by Gasteiger charge is -2.17. The van der Waals surface area contributed by atoms with E-state index in [1.807, 2.05) is 0 Å². The van der Waals surface area contributed by atoms with E-state index < -0.39 is 0 Å². The van der Waals surface area contributed by atoms with Gasteiger partial charge < -0.3 is 10.1 Å². The van der Waals surface area contributed by atoms with E-state index in [4.69, 9.17) is 4.74 Å². The van der Waals surface area contributed by atoms with Crippen LogP contribution in [-0.2, 0) is 0 Å². The molecular weight excluding hydrogens is 168 g/mol. The molecule has 1 aliphatic rings. The molecule has 0 saturated heterocycles. The SMILES string of the molecule is CC(=O)c1cnc2c(c1)OCCN2. The van der Waals surface area contributed by atoms with Crippen molar-refractivity contribution in [3.05, 3.63) is 17.8 Å². The van der Waals surface area contributed by atoms with Crippen molar-refractivity contribution in [2.24, 2.45) is 0 Å². The molecule has 0 saturated carbocycles. The molecule has 2 heterocycles. The zero-order valence-electron chi connectivity index (χ0n) is 7.33. The van der Waals surface area contributed by atoms with Gasteiger partial charge in [-0.2, -0.15) is 0 Å². The van der Waals surface area contributed by atoms with Crippen molar-refractivity contribution in [2.75, 3.05) is 18.5 Å². The Kier molecular flexibility index (Phi) is 1.88. The number of pyridine rings is 1. The van der Waals surface area contributed by atoms with E-state index in [2.05, 4.69) is 10.3 Å². The highest BCUT2D eigenvalue weighted by atomic mass is 16.5. The van der Waals surface area contributed by atoms with E-state index >= 15 is 0 Å². The molecular formula is C9H10N2O2. The number of rotatable bonds is 1. The molecule has 1 N–H and O–H groups in total. The first-order valence-corrected chi connectivity index (χ1v) is 4.15. The number of carbonyl (C=O) groups excluding carboxylic acids is 1. The van der Waals surface area contributed by atoms with E-state index in [0.29, 0.717) is 17.9 Å². The van der Waals surface area contributed by atoms with Gasteiger partial charge in [-0.15, -0.1) is 0 Å². The number of aromatic nitrogens is 1. The second kappa shape index (κ2) is 3.05. The minimum Gasteiger partial charge on any atom is -0.488 e. The average Bonchev–Trinajstić information content (AvgIpc) is 2.17. The van der Waals surface area contributed by atoms with Gasteiger partial charge in [0, 0.05) is 11.8 Å². The van der Waals surface area contributed by atoms with Gasteiger partial charge in [-0.25, -0.2) is 4.98 Å². The Hall–Kier alpha value is -1.58. The minimum absolute atomic E-state index is 0.00414. The number of carbonyl (C=O) groups is 1. The van der Waals surface area contributed by atoms with Crippen molar-refractivity contribution in [1.82, 2.24) is 4.98 Å². The van der Waals surface area contributed by atoms with Gasteiger partial charge in [-0.3, -0.25) is 4.79 Å². The zero-order chi connectivity index (χ0) is 9.26. The van der Waals surface area contributed by atoms with Crippen LogP contribution in [0.3, 0.4) is 0 Å². The summed E-state index contributed by atoms with van der Waals surface area (Å²) >= 11 is 0. The second-order valence-corrected chi connectivity index (χ2v) is 2.90. The molecule has 2 rings (SSSR count). The van der Waals surface area contributed by atoms with Gasteiger partial charge in [0.2, 0.25) is 0 Å². The first-order valence-electron chi connectivity index (χ1n) is 4.15. The number of Topliss-reactive ketones (excluding diaryl/α,β-unsaturated/α-hetero) is 1. The van der Waals surface area contributed by atoms with Crippen molar-refractivity contribution in [3.8, 4) is 5.75 Å². The van der Waals surface area contributed by atoms with Crippen LogP contribution >= 0.6 is 0 Å². The highest BCUT2D eigenvalue weighted by Crippen LogP contribution is 2.25. The normalized spacial score (nSPS) is 13.9. The third-order valence-corrected chi connectivity index (χ3v) is 1.91. The fourth-order valence-electron chi connectivity index (χ4n) is 1.21. The summed E-state index contributed by atoms with van der Waals surface area (Å²) in [4.78, 5) is 15.1. The van der Waals surface area contributed by atoms with Crippen LogP contribution < -0.4 is 10.1 Å². The molecule has 0 unspecified atom stereocenters. The molecule has 0 aliphatic carbocycles. The topological polar surface area (TPSA) is 51.2 Å². The smallest absolute Gasteiger partial charge is 0.168 e. The first kappa shape index (κ1) is 8.04. The average molecular weight is 178 g/mol. The van der Waals surface area contributed by atoms with Crippen LogP contribution in [-0.4, -0.2) is 23.9 Å². The Morgan fingerprint density at radius 1 is 1.69 bits per heavy atom. The maximum Gasteiger partial charge on any atom is 0.168 e. The summed E-state index contributed by atoms with van der Waals surface area (Å²) in [6, 6.07) is 1.72. The highest BCUT2D eigenvalue weighted by molar-refractivity contribution is 5.94. The number of anilines is 1.